The summed E-state index contributed by atoms with van der Waals surface area (Å²) in [5.41, 5.74) is 1.17. The zero-order valence-corrected chi connectivity index (χ0v) is 7.79. The Morgan fingerprint density at radius 2 is 1.93 bits per heavy atom. The van der Waals surface area contributed by atoms with E-state index in [1.54, 1.807) is 16.9 Å². The highest BCUT2D eigenvalue weighted by Gasteiger charge is 2.01. The summed E-state index contributed by atoms with van der Waals surface area (Å²) in [6.07, 6.45) is 4.74. The van der Waals surface area contributed by atoms with Gasteiger partial charge in [0.25, 0.3) is 5.56 Å². The fourth-order valence-corrected chi connectivity index (χ4v) is 1.66. The van der Waals surface area contributed by atoms with Crippen LogP contribution < -0.4 is 5.56 Å². The van der Waals surface area contributed by atoms with Crippen LogP contribution in [-0.4, -0.2) is 14.4 Å². The second kappa shape index (κ2) is 2.88. The van der Waals surface area contributed by atoms with Crippen LogP contribution in [0.4, 0.5) is 0 Å². The summed E-state index contributed by atoms with van der Waals surface area (Å²) in [6.45, 7) is 0. The molecule has 2 aromatic heterocycles. The largest absolute Gasteiger partial charge is 0.295 e. The first-order chi connectivity index (χ1) is 7.36. The number of fused-ring (bicyclic) bond motifs is 3. The lowest BCUT2D eigenvalue weighted by molar-refractivity contribution is 1.20. The normalized spacial score (nSPS) is 10.9. The number of imidazole rings is 1. The molecule has 0 bridgehead atoms. The van der Waals surface area contributed by atoms with E-state index in [-0.39, 0.29) is 5.56 Å². The molecule has 0 unspecified atom stereocenters. The maximum absolute atomic E-state index is 11.6. The molecule has 3 aromatic rings. The molecule has 1 aromatic carbocycles. The van der Waals surface area contributed by atoms with E-state index >= 15 is 0 Å². The van der Waals surface area contributed by atoms with Gasteiger partial charge in [-0.2, -0.15) is 0 Å². The first kappa shape index (κ1) is 8.11. The molecule has 0 aliphatic heterocycles. The quantitative estimate of drug-likeness (QED) is 0.544. The summed E-state index contributed by atoms with van der Waals surface area (Å²) < 4.78 is 1.75. The molecule has 3 rings (SSSR count). The Labute approximate surface area is 84.8 Å². The van der Waals surface area contributed by atoms with Gasteiger partial charge in [-0.25, -0.2) is 9.97 Å². The van der Waals surface area contributed by atoms with E-state index in [4.69, 9.17) is 0 Å². The molecule has 2 heterocycles. The minimum atomic E-state index is -0.260. The van der Waals surface area contributed by atoms with E-state index < -0.39 is 0 Å². The zero-order valence-electron chi connectivity index (χ0n) is 7.79. The van der Waals surface area contributed by atoms with E-state index in [0.717, 1.165) is 10.9 Å². The Morgan fingerprint density at radius 1 is 1.07 bits per heavy atom. The fraction of sp³-hybridized carbons (Fsp3) is 0. The van der Waals surface area contributed by atoms with Crippen LogP contribution in [0.25, 0.3) is 16.4 Å². The van der Waals surface area contributed by atoms with E-state index in [2.05, 4.69) is 9.97 Å². The minimum absolute atomic E-state index is 0.260. The van der Waals surface area contributed by atoms with Crippen molar-refractivity contribution in [2.45, 2.75) is 0 Å². The van der Waals surface area contributed by atoms with Crippen molar-refractivity contribution in [3.05, 3.63) is 53.3 Å². The lowest BCUT2D eigenvalue weighted by Crippen LogP contribution is -2.02. The molecule has 0 aliphatic carbocycles. The van der Waals surface area contributed by atoms with Crippen LogP contribution in [0.15, 0.2) is 47.8 Å². The standard InChI is InChI=1S/C11H7N3O/c15-11-10-6-12-7-14(10)9-4-2-1-3-8(9)5-13-11/h1-7H. The van der Waals surface area contributed by atoms with Crippen molar-refractivity contribution >= 4 is 16.4 Å². The van der Waals surface area contributed by atoms with Crippen LogP contribution in [0, 0.1) is 0 Å². The number of nitrogens with zero attached hydrogens (tertiary/aromatic N) is 3. The average molecular weight is 197 g/mol. The van der Waals surface area contributed by atoms with E-state index in [0.29, 0.717) is 5.52 Å². The van der Waals surface area contributed by atoms with Crippen molar-refractivity contribution in [3.8, 4) is 0 Å². The van der Waals surface area contributed by atoms with Gasteiger partial charge in [-0.15, -0.1) is 0 Å². The van der Waals surface area contributed by atoms with Gasteiger partial charge in [0.05, 0.1) is 18.0 Å². The second-order valence-electron chi connectivity index (χ2n) is 3.27. The van der Waals surface area contributed by atoms with Gasteiger partial charge in [0.15, 0.2) is 0 Å². The molecule has 0 spiro atoms. The third-order valence-corrected chi connectivity index (χ3v) is 2.37. The molecular formula is C11H7N3O. The highest BCUT2D eigenvalue weighted by atomic mass is 16.1. The topological polar surface area (TPSA) is 47.3 Å². The van der Waals surface area contributed by atoms with Crippen molar-refractivity contribution in [2.24, 2.45) is 0 Å². The molecule has 0 amide bonds. The van der Waals surface area contributed by atoms with Crippen molar-refractivity contribution in [1.29, 1.82) is 0 Å². The average Bonchev–Trinajstić information content (AvgIpc) is 2.71. The number of benzene rings is 1. The van der Waals surface area contributed by atoms with Gasteiger partial charge in [-0.1, -0.05) is 18.2 Å². The summed E-state index contributed by atoms with van der Waals surface area (Å²) in [5, 5.41) is 0.919. The van der Waals surface area contributed by atoms with Crippen LogP contribution >= 0.6 is 0 Å². The monoisotopic (exact) mass is 197 g/mol. The Hall–Kier alpha value is -2.23. The molecule has 72 valence electrons. The van der Waals surface area contributed by atoms with Gasteiger partial charge >= 0.3 is 0 Å². The van der Waals surface area contributed by atoms with Crippen molar-refractivity contribution in [1.82, 2.24) is 14.4 Å². The Kier molecular flexibility index (Phi) is 1.56. The van der Waals surface area contributed by atoms with Gasteiger partial charge in [0.2, 0.25) is 0 Å². The molecule has 0 aliphatic rings. The maximum atomic E-state index is 11.6. The van der Waals surface area contributed by atoms with Crippen LogP contribution in [0.2, 0.25) is 0 Å². The zero-order chi connectivity index (χ0) is 10.3. The first-order valence-corrected chi connectivity index (χ1v) is 4.56. The number of aromatic nitrogens is 3. The van der Waals surface area contributed by atoms with Crippen molar-refractivity contribution in [2.75, 3.05) is 0 Å². The molecule has 0 saturated carbocycles. The lowest BCUT2D eigenvalue weighted by atomic mass is 10.2. The number of hydrogen-bond donors (Lipinski definition) is 0. The summed E-state index contributed by atoms with van der Waals surface area (Å²) in [5.74, 6) is 0. The van der Waals surface area contributed by atoms with E-state index in [1.165, 1.54) is 6.20 Å². The Morgan fingerprint density at radius 3 is 2.87 bits per heavy atom. The second-order valence-corrected chi connectivity index (χ2v) is 3.27. The fourth-order valence-electron chi connectivity index (χ4n) is 1.66. The maximum Gasteiger partial charge on any atom is 0.295 e. The highest BCUT2D eigenvalue weighted by Crippen LogP contribution is 2.10. The SMILES string of the molecule is O=c1ncc2ccccc2n2cncc12. The third-order valence-electron chi connectivity index (χ3n) is 2.37. The molecule has 0 saturated heterocycles. The van der Waals surface area contributed by atoms with E-state index in [1.807, 2.05) is 24.3 Å². The van der Waals surface area contributed by atoms with Crippen LogP contribution in [0.3, 0.4) is 0 Å². The number of hydrogen-bond acceptors (Lipinski definition) is 3. The summed E-state index contributed by atoms with van der Waals surface area (Å²) in [7, 11) is 0. The summed E-state index contributed by atoms with van der Waals surface area (Å²) in [4.78, 5) is 19.4. The van der Waals surface area contributed by atoms with Crippen LogP contribution in [-0.2, 0) is 0 Å². The Balaban J connectivity index is 2.75. The van der Waals surface area contributed by atoms with Gasteiger partial charge in [-0.05, 0) is 6.07 Å². The number of rotatable bonds is 0. The predicted octanol–water partition coefficient (Wildman–Crippen LogP) is 1.24. The van der Waals surface area contributed by atoms with Crippen LogP contribution in [0.5, 0.6) is 0 Å². The molecule has 15 heavy (non-hydrogen) atoms. The third kappa shape index (κ3) is 1.11. The lowest BCUT2D eigenvalue weighted by Gasteiger charge is -1.93. The molecule has 0 fully saturated rings. The van der Waals surface area contributed by atoms with Gasteiger partial charge < -0.3 is 0 Å². The molecule has 0 atom stereocenters. The van der Waals surface area contributed by atoms with Gasteiger partial charge in [-0.3, -0.25) is 9.20 Å². The predicted molar refractivity (Wildman–Crippen MR) is 56.8 cm³/mol. The molecule has 4 nitrogen and oxygen atoms in total. The van der Waals surface area contributed by atoms with E-state index in [9.17, 15) is 4.79 Å². The molecule has 0 N–H and O–H groups in total. The van der Waals surface area contributed by atoms with Crippen molar-refractivity contribution in [3.63, 3.8) is 0 Å². The Bertz CT molecular complexity index is 703. The minimum Gasteiger partial charge on any atom is -0.294 e. The summed E-state index contributed by atoms with van der Waals surface area (Å²) >= 11 is 0. The molecular weight excluding hydrogens is 190 g/mol. The summed E-state index contributed by atoms with van der Waals surface area (Å²) in [6, 6.07) is 7.69. The van der Waals surface area contributed by atoms with Crippen LogP contribution in [0.1, 0.15) is 0 Å². The smallest absolute Gasteiger partial charge is 0.294 e. The highest BCUT2D eigenvalue weighted by molar-refractivity contribution is 5.79. The number of para-hydroxylation sites is 1. The van der Waals surface area contributed by atoms with Crippen molar-refractivity contribution < 1.29 is 0 Å². The van der Waals surface area contributed by atoms with Gasteiger partial charge in [0, 0.05) is 11.6 Å². The van der Waals surface area contributed by atoms with Gasteiger partial charge in [0.1, 0.15) is 5.52 Å². The molecule has 0 radical (unpaired) electrons. The molecule has 4 heteroatoms. The first-order valence-electron chi connectivity index (χ1n) is 4.56.